The van der Waals surface area contributed by atoms with E-state index in [-0.39, 0.29) is 23.3 Å². The molecule has 0 aromatic heterocycles. The topological polar surface area (TPSA) is 223 Å². The second-order valence-corrected chi connectivity index (χ2v) is 3.06. The maximum absolute atomic E-state index is 10.0. The van der Waals surface area contributed by atoms with Crippen LogP contribution in [0.4, 0.5) is 0 Å². The molecule has 20 heavy (non-hydrogen) atoms. The number of nitrogens with two attached hydrogens (primary N) is 2. The molecule has 0 atom stereocenters. The molecule has 0 fully saturated rings. The zero-order valence-corrected chi connectivity index (χ0v) is 10.8. The van der Waals surface area contributed by atoms with Gasteiger partial charge in [0.2, 0.25) is 11.9 Å². The predicted octanol–water partition coefficient (Wildman–Crippen LogP) is -2.14. The van der Waals surface area contributed by atoms with E-state index < -0.39 is 11.9 Å². The van der Waals surface area contributed by atoms with E-state index in [2.05, 4.69) is 10.2 Å². The first-order valence-corrected chi connectivity index (χ1v) is 4.83. The number of hydrogen-bond acceptors (Lipinski definition) is 6. The Morgan fingerprint density at radius 3 is 1.30 bits per heavy atom. The van der Waals surface area contributed by atoms with Crippen LogP contribution >= 0.6 is 0 Å². The predicted molar refractivity (Wildman–Crippen MR) is 71.6 cm³/mol. The van der Waals surface area contributed by atoms with E-state index in [1.807, 2.05) is 10.9 Å². The van der Waals surface area contributed by atoms with E-state index in [1.54, 1.807) is 0 Å². The van der Waals surface area contributed by atoms with Gasteiger partial charge in [0, 0.05) is 0 Å². The summed E-state index contributed by atoms with van der Waals surface area (Å²) in [4.78, 5) is 20.1. The van der Waals surface area contributed by atoms with Crippen molar-refractivity contribution in [2.75, 3.05) is 0 Å². The van der Waals surface area contributed by atoms with Crippen molar-refractivity contribution < 1.29 is 19.8 Å². The maximum atomic E-state index is 10.0. The standard InChI is InChI=1S/2C4H8N4O2/c2*1-2(3(9)10)7-8-4(5)6/h2*1H3,(H,9,10)(H4,5,6,8)/b2*7-2+. The number of nitrogens with one attached hydrogen (secondary N) is 4. The minimum absolute atomic E-state index is 0.143. The summed E-state index contributed by atoms with van der Waals surface area (Å²) in [6.07, 6.45) is 0. The molecular weight excluding hydrogens is 272 g/mol. The van der Waals surface area contributed by atoms with Crippen molar-refractivity contribution in [3.8, 4) is 0 Å². The molecular formula is C8H16N8O4. The lowest BCUT2D eigenvalue weighted by Crippen LogP contribution is -2.27. The van der Waals surface area contributed by atoms with Crippen molar-refractivity contribution in [3.05, 3.63) is 0 Å². The molecule has 10 N–H and O–H groups in total. The number of carboxylic acids is 2. The lowest BCUT2D eigenvalue weighted by molar-refractivity contribution is -0.130. The lowest BCUT2D eigenvalue weighted by Gasteiger charge is -1.94. The Hall–Kier alpha value is -3.18. The largest absolute Gasteiger partial charge is 0.477 e. The zero-order chi connectivity index (χ0) is 16.3. The quantitative estimate of drug-likeness (QED) is 0.161. The van der Waals surface area contributed by atoms with Gasteiger partial charge in [-0.1, -0.05) is 0 Å². The number of carbonyl (C=O) groups is 2. The third-order valence-corrected chi connectivity index (χ3v) is 1.31. The Morgan fingerprint density at radius 1 is 0.900 bits per heavy atom. The Labute approximate surface area is 113 Å². The highest BCUT2D eigenvalue weighted by molar-refractivity contribution is 6.34. The van der Waals surface area contributed by atoms with Gasteiger partial charge in [-0.3, -0.25) is 10.8 Å². The summed E-state index contributed by atoms with van der Waals surface area (Å²) in [7, 11) is 0. The fraction of sp³-hybridized carbons (Fsp3) is 0.250. The average Bonchev–Trinajstić information content (AvgIpc) is 2.33. The first-order valence-electron chi connectivity index (χ1n) is 4.83. The van der Waals surface area contributed by atoms with E-state index in [1.165, 1.54) is 13.8 Å². The minimum Gasteiger partial charge on any atom is -0.477 e. The van der Waals surface area contributed by atoms with Crippen LogP contribution in [0.5, 0.6) is 0 Å². The van der Waals surface area contributed by atoms with Crippen LogP contribution in [0.15, 0.2) is 10.2 Å². The van der Waals surface area contributed by atoms with Crippen molar-refractivity contribution in [1.82, 2.24) is 10.9 Å². The van der Waals surface area contributed by atoms with Gasteiger partial charge in [0.15, 0.2) is 0 Å². The van der Waals surface area contributed by atoms with E-state index in [4.69, 9.17) is 32.5 Å². The number of hydrazone groups is 2. The number of aliphatic carboxylic acids is 2. The summed E-state index contributed by atoms with van der Waals surface area (Å²) < 4.78 is 0. The third-order valence-electron chi connectivity index (χ3n) is 1.31. The van der Waals surface area contributed by atoms with Crippen LogP contribution in [-0.4, -0.2) is 45.5 Å². The molecule has 0 aliphatic heterocycles. The van der Waals surface area contributed by atoms with Gasteiger partial charge < -0.3 is 21.7 Å². The molecule has 112 valence electrons. The van der Waals surface area contributed by atoms with Gasteiger partial charge in [-0.2, -0.15) is 10.2 Å². The van der Waals surface area contributed by atoms with E-state index in [0.29, 0.717) is 0 Å². The van der Waals surface area contributed by atoms with Crippen molar-refractivity contribution >= 4 is 35.3 Å². The molecule has 0 radical (unpaired) electrons. The smallest absolute Gasteiger partial charge is 0.351 e. The van der Waals surface area contributed by atoms with Crippen LogP contribution in [-0.2, 0) is 9.59 Å². The molecule has 0 bridgehead atoms. The summed E-state index contributed by atoms with van der Waals surface area (Å²) in [6.45, 7) is 2.58. The average molecular weight is 288 g/mol. The van der Waals surface area contributed by atoms with Gasteiger partial charge in [0.1, 0.15) is 11.4 Å². The van der Waals surface area contributed by atoms with Crippen LogP contribution in [0.3, 0.4) is 0 Å². The first-order chi connectivity index (χ1) is 9.07. The molecule has 12 heteroatoms. The molecule has 0 unspecified atom stereocenters. The Balaban J connectivity index is 0. The summed E-state index contributed by atoms with van der Waals surface area (Å²) in [5.74, 6) is -3.07. The van der Waals surface area contributed by atoms with Gasteiger partial charge in [-0.05, 0) is 13.8 Å². The van der Waals surface area contributed by atoms with Crippen LogP contribution in [0.1, 0.15) is 13.8 Å². The van der Waals surface area contributed by atoms with E-state index in [0.717, 1.165) is 0 Å². The number of carboxylic acid groups (broad SMARTS) is 2. The van der Waals surface area contributed by atoms with Crippen molar-refractivity contribution in [2.45, 2.75) is 13.8 Å². The summed E-state index contributed by atoms with van der Waals surface area (Å²) in [5, 5.41) is 36.1. The number of nitrogens with zero attached hydrogens (tertiary/aromatic N) is 2. The molecule has 0 aromatic rings. The summed E-state index contributed by atoms with van der Waals surface area (Å²) in [5.41, 5.74) is 13.3. The van der Waals surface area contributed by atoms with E-state index >= 15 is 0 Å². The molecule has 0 heterocycles. The zero-order valence-electron chi connectivity index (χ0n) is 10.8. The molecule has 0 saturated carbocycles. The molecule has 0 saturated heterocycles. The second kappa shape index (κ2) is 9.81. The molecule has 0 amide bonds. The number of rotatable bonds is 4. The van der Waals surface area contributed by atoms with Crippen LogP contribution in [0, 0.1) is 10.8 Å². The Kier molecular flexibility index (Phi) is 9.40. The summed E-state index contributed by atoms with van der Waals surface area (Å²) in [6, 6.07) is 0. The van der Waals surface area contributed by atoms with Gasteiger partial charge in [0.05, 0.1) is 0 Å². The second-order valence-electron chi connectivity index (χ2n) is 3.06. The summed E-state index contributed by atoms with van der Waals surface area (Å²) >= 11 is 0. The molecule has 0 aromatic carbocycles. The normalized spacial score (nSPS) is 10.7. The van der Waals surface area contributed by atoms with Gasteiger partial charge in [-0.15, -0.1) is 0 Å². The lowest BCUT2D eigenvalue weighted by atomic mass is 10.4. The Bertz CT molecular complexity index is 413. The fourth-order valence-corrected chi connectivity index (χ4v) is 0.384. The van der Waals surface area contributed by atoms with E-state index in [9.17, 15) is 9.59 Å². The highest BCUT2D eigenvalue weighted by atomic mass is 16.4. The number of guanidine groups is 2. The molecule has 12 nitrogen and oxygen atoms in total. The van der Waals surface area contributed by atoms with Crippen molar-refractivity contribution in [3.63, 3.8) is 0 Å². The minimum atomic E-state index is -1.14. The van der Waals surface area contributed by atoms with Crippen LogP contribution in [0.2, 0.25) is 0 Å². The van der Waals surface area contributed by atoms with Gasteiger partial charge in [0.25, 0.3) is 0 Å². The highest BCUT2D eigenvalue weighted by Gasteiger charge is 2.00. The van der Waals surface area contributed by atoms with Crippen molar-refractivity contribution in [1.29, 1.82) is 10.8 Å². The SMILES string of the molecule is C/C(=N\NC(=N)N)C(=O)O.C/C(=N\NC(=N)N)C(=O)O. The fourth-order valence-electron chi connectivity index (χ4n) is 0.384. The molecule has 0 rings (SSSR count). The maximum Gasteiger partial charge on any atom is 0.351 e. The van der Waals surface area contributed by atoms with Crippen molar-refractivity contribution in [2.24, 2.45) is 21.7 Å². The number of hydrogen-bond donors (Lipinski definition) is 8. The Morgan fingerprint density at radius 2 is 1.15 bits per heavy atom. The molecule has 0 aliphatic carbocycles. The van der Waals surface area contributed by atoms with Crippen LogP contribution in [0.25, 0.3) is 0 Å². The van der Waals surface area contributed by atoms with Gasteiger partial charge >= 0.3 is 11.9 Å². The van der Waals surface area contributed by atoms with Gasteiger partial charge in [-0.25, -0.2) is 20.4 Å². The monoisotopic (exact) mass is 288 g/mol. The first kappa shape index (κ1) is 19.2. The highest BCUT2D eigenvalue weighted by Crippen LogP contribution is 1.73. The molecule has 0 aliphatic rings. The third kappa shape index (κ3) is 12.9. The molecule has 0 spiro atoms. The van der Waals surface area contributed by atoms with Crippen LogP contribution < -0.4 is 22.3 Å².